The normalized spacial score (nSPS) is 34.4. The first kappa shape index (κ1) is 17.4. The Kier molecular flexibility index (Phi) is 4.55. The lowest BCUT2D eigenvalue weighted by Gasteiger charge is -2.41. The zero-order chi connectivity index (χ0) is 18.4. The molecule has 2 atom stereocenters. The van der Waals surface area contributed by atoms with Crippen molar-refractivity contribution in [3.05, 3.63) is 35.4 Å². The summed E-state index contributed by atoms with van der Waals surface area (Å²) in [6.07, 6.45) is 9.40. The molecule has 3 fully saturated rings. The van der Waals surface area contributed by atoms with Crippen molar-refractivity contribution in [1.29, 1.82) is 0 Å². The summed E-state index contributed by atoms with van der Waals surface area (Å²) in [6.45, 7) is 2.19. The third kappa shape index (κ3) is 3.02. The predicted octanol–water partition coefficient (Wildman–Crippen LogP) is 3.53. The van der Waals surface area contributed by atoms with Crippen LogP contribution in [0.15, 0.2) is 24.3 Å². The smallest absolute Gasteiger partial charge is 0.233 e. The summed E-state index contributed by atoms with van der Waals surface area (Å²) in [5.74, 6) is 0.310. The average molecular weight is 367 g/mol. The van der Waals surface area contributed by atoms with Crippen LogP contribution in [0.2, 0.25) is 0 Å². The number of rotatable bonds is 2. The summed E-state index contributed by atoms with van der Waals surface area (Å²) in [6, 6.07) is 9.56. The minimum absolute atomic E-state index is 0.00238. The molecule has 0 unspecified atom stereocenters. The molecule has 2 heterocycles. The number of carbonyl (C=O) groups is 2. The van der Waals surface area contributed by atoms with Crippen molar-refractivity contribution in [2.75, 3.05) is 6.54 Å². The highest BCUT2D eigenvalue weighted by molar-refractivity contribution is 6.05. The molecular formula is C23H30N2O2. The molecule has 4 aliphatic rings. The van der Waals surface area contributed by atoms with E-state index in [4.69, 9.17) is 0 Å². The third-order valence-electron chi connectivity index (χ3n) is 7.58. The molecule has 4 nitrogen and oxygen atoms in total. The Balaban J connectivity index is 1.22. The van der Waals surface area contributed by atoms with Crippen molar-refractivity contribution >= 4 is 11.8 Å². The van der Waals surface area contributed by atoms with Gasteiger partial charge in [0.2, 0.25) is 11.8 Å². The Morgan fingerprint density at radius 3 is 2.00 bits per heavy atom. The van der Waals surface area contributed by atoms with E-state index in [2.05, 4.69) is 29.2 Å². The number of carbonyl (C=O) groups excluding carboxylic acids is 2. The molecule has 5 rings (SSSR count). The van der Waals surface area contributed by atoms with Crippen LogP contribution in [-0.2, 0) is 22.6 Å². The number of benzene rings is 1. The predicted molar refractivity (Wildman–Crippen MR) is 104 cm³/mol. The van der Waals surface area contributed by atoms with Crippen molar-refractivity contribution in [3.8, 4) is 0 Å². The van der Waals surface area contributed by atoms with E-state index in [1.165, 1.54) is 11.1 Å². The highest BCUT2D eigenvalue weighted by Gasteiger charge is 2.50. The maximum Gasteiger partial charge on any atom is 0.233 e. The molecule has 2 amide bonds. The van der Waals surface area contributed by atoms with Crippen LogP contribution in [0.3, 0.4) is 0 Å². The average Bonchev–Trinajstić information content (AvgIpc) is 2.98. The van der Waals surface area contributed by atoms with Gasteiger partial charge in [-0.05, 0) is 56.1 Å². The molecule has 0 bridgehead atoms. The number of hydrogen-bond acceptors (Lipinski definition) is 3. The fourth-order valence-corrected chi connectivity index (χ4v) is 6.06. The van der Waals surface area contributed by atoms with Crippen LogP contribution >= 0.6 is 0 Å². The van der Waals surface area contributed by atoms with Crippen molar-refractivity contribution in [2.45, 2.75) is 76.4 Å². The van der Waals surface area contributed by atoms with Gasteiger partial charge in [-0.1, -0.05) is 37.1 Å². The molecule has 4 heteroatoms. The molecule has 27 heavy (non-hydrogen) atoms. The lowest BCUT2D eigenvalue weighted by molar-refractivity contribution is -0.143. The Labute approximate surface area is 161 Å². The monoisotopic (exact) mass is 366 g/mol. The maximum atomic E-state index is 12.9. The van der Waals surface area contributed by atoms with Crippen molar-refractivity contribution in [1.82, 2.24) is 9.80 Å². The largest absolute Gasteiger partial charge is 0.296 e. The van der Waals surface area contributed by atoms with Crippen LogP contribution in [0.4, 0.5) is 0 Å². The fourth-order valence-electron chi connectivity index (χ4n) is 6.06. The molecule has 1 aromatic rings. The second-order valence-corrected chi connectivity index (χ2v) is 9.00. The van der Waals surface area contributed by atoms with Gasteiger partial charge >= 0.3 is 0 Å². The third-order valence-corrected chi connectivity index (χ3v) is 7.58. The van der Waals surface area contributed by atoms with Crippen molar-refractivity contribution < 1.29 is 9.59 Å². The van der Waals surface area contributed by atoms with E-state index in [1.807, 2.05) is 0 Å². The van der Waals surface area contributed by atoms with Crippen molar-refractivity contribution in [2.24, 2.45) is 11.8 Å². The van der Waals surface area contributed by atoms with Crippen LogP contribution in [0.1, 0.15) is 62.5 Å². The van der Waals surface area contributed by atoms with Gasteiger partial charge in [0.1, 0.15) is 0 Å². The summed E-state index contributed by atoms with van der Waals surface area (Å²) in [7, 11) is 0. The second-order valence-electron chi connectivity index (χ2n) is 9.00. The lowest BCUT2D eigenvalue weighted by atomic mass is 9.81. The van der Waals surface area contributed by atoms with E-state index in [1.54, 1.807) is 4.90 Å². The molecule has 2 aliphatic heterocycles. The minimum atomic E-state index is 0.00238. The number of hydrogen-bond donors (Lipinski definition) is 0. The first-order valence-electron chi connectivity index (χ1n) is 10.9. The van der Waals surface area contributed by atoms with Gasteiger partial charge in [0.25, 0.3) is 0 Å². The number of imide groups is 1. The lowest BCUT2D eigenvalue weighted by Crippen LogP contribution is -2.47. The number of amides is 2. The van der Waals surface area contributed by atoms with Gasteiger partial charge in [-0.2, -0.15) is 0 Å². The first-order chi connectivity index (χ1) is 13.2. The van der Waals surface area contributed by atoms with E-state index in [0.717, 1.165) is 70.9 Å². The van der Waals surface area contributed by atoms with Gasteiger partial charge in [-0.3, -0.25) is 19.4 Å². The maximum absolute atomic E-state index is 12.9. The molecular weight excluding hydrogens is 336 g/mol. The Hall–Kier alpha value is -1.68. The number of likely N-dealkylation sites (tertiary alicyclic amines) is 1. The summed E-state index contributed by atoms with van der Waals surface area (Å²) in [5.41, 5.74) is 2.97. The molecule has 1 aromatic carbocycles. The highest BCUT2D eigenvalue weighted by atomic mass is 16.2. The van der Waals surface area contributed by atoms with Crippen LogP contribution in [-0.4, -0.2) is 40.2 Å². The zero-order valence-corrected chi connectivity index (χ0v) is 16.1. The van der Waals surface area contributed by atoms with Gasteiger partial charge < -0.3 is 0 Å². The quantitative estimate of drug-likeness (QED) is 0.752. The minimum Gasteiger partial charge on any atom is -0.296 e. The topological polar surface area (TPSA) is 40.6 Å². The fraction of sp³-hybridized carbons (Fsp3) is 0.652. The van der Waals surface area contributed by atoms with E-state index >= 15 is 0 Å². The number of fused-ring (bicyclic) bond motifs is 2. The van der Waals surface area contributed by atoms with Gasteiger partial charge in [0.05, 0.1) is 11.8 Å². The molecule has 2 saturated carbocycles. The van der Waals surface area contributed by atoms with Gasteiger partial charge in [-0.15, -0.1) is 0 Å². The molecule has 0 N–H and O–H groups in total. The Morgan fingerprint density at radius 1 is 0.741 bits per heavy atom. The molecule has 2 aliphatic carbocycles. The van der Waals surface area contributed by atoms with Crippen LogP contribution in [0.25, 0.3) is 0 Å². The summed E-state index contributed by atoms with van der Waals surface area (Å²) < 4.78 is 0. The molecule has 0 spiro atoms. The molecule has 0 radical (unpaired) electrons. The van der Waals surface area contributed by atoms with E-state index < -0.39 is 0 Å². The first-order valence-corrected chi connectivity index (χ1v) is 10.9. The van der Waals surface area contributed by atoms with Crippen molar-refractivity contribution in [3.63, 3.8) is 0 Å². The van der Waals surface area contributed by atoms with Crippen LogP contribution in [0, 0.1) is 11.8 Å². The highest BCUT2D eigenvalue weighted by Crippen LogP contribution is 2.41. The summed E-state index contributed by atoms with van der Waals surface area (Å²) in [5, 5.41) is 0. The van der Waals surface area contributed by atoms with Gasteiger partial charge in [0.15, 0.2) is 0 Å². The van der Waals surface area contributed by atoms with Crippen LogP contribution < -0.4 is 0 Å². The van der Waals surface area contributed by atoms with E-state index in [9.17, 15) is 9.59 Å². The van der Waals surface area contributed by atoms with E-state index in [-0.39, 0.29) is 29.7 Å². The molecule has 0 aromatic heterocycles. The SMILES string of the molecule is O=C1[C@H]2CCCC[C@H]2C(=O)N1C1CCC(N2CCc3ccccc3C2)CC1. The Bertz CT molecular complexity index is 714. The molecule has 144 valence electrons. The van der Waals surface area contributed by atoms with Gasteiger partial charge in [-0.25, -0.2) is 0 Å². The van der Waals surface area contributed by atoms with Gasteiger partial charge in [0, 0.05) is 25.2 Å². The second kappa shape index (κ2) is 7.05. The summed E-state index contributed by atoms with van der Waals surface area (Å²) >= 11 is 0. The van der Waals surface area contributed by atoms with Crippen LogP contribution in [0.5, 0.6) is 0 Å². The zero-order valence-electron chi connectivity index (χ0n) is 16.1. The standard InChI is InChI=1S/C23H30N2O2/c26-22-20-7-3-4-8-21(20)23(27)25(22)19-11-9-18(10-12-19)24-14-13-16-5-1-2-6-17(16)15-24/h1-2,5-6,18-21H,3-4,7-15H2/t18?,19?,20-,21+. The molecule has 1 saturated heterocycles. The Morgan fingerprint density at radius 2 is 1.33 bits per heavy atom. The summed E-state index contributed by atoms with van der Waals surface area (Å²) in [4.78, 5) is 30.1. The van der Waals surface area contributed by atoms with E-state index in [0.29, 0.717) is 6.04 Å². The number of nitrogens with zero attached hydrogens (tertiary/aromatic N) is 2.